The zero-order valence-corrected chi connectivity index (χ0v) is 12.4. The summed E-state index contributed by atoms with van der Waals surface area (Å²) in [5, 5.41) is 23.8. The van der Waals surface area contributed by atoms with E-state index >= 15 is 0 Å². The van der Waals surface area contributed by atoms with Crippen molar-refractivity contribution in [3.8, 4) is 5.75 Å². The molecule has 2 aromatic rings. The number of thioether (sulfide) groups is 1. The number of nitrogens with one attached hydrogen (secondary N) is 1. The molecule has 0 atom stereocenters. The van der Waals surface area contributed by atoms with Crippen molar-refractivity contribution in [3.63, 3.8) is 0 Å². The molecule has 5 nitrogen and oxygen atoms in total. The third-order valence-corrected chi connectivity index (χ3v) is 4.03. The van der Waals surface area contributed by atoms with E-state index < -0.39 is 4.92 Å². The Hall–Kier alpha value is -2.21. The Morgan fingerprint density at radius 3 is 2.71 bits per heavy atom. The molecule has 0 aromatic heterocycles. The van der Waals surface area contributed by atoms with Gasteiger partial charge in [-0.05, 0) is 30.7 Å². The van der Waals surface area contributed by atoms with Gasteiger partial charge in [0.2, 0.25) is 0 Å². The van der Waals surface area contributed by atoms with Crippen LogP contribution in [-0.2, 0) is 5.75 Å². The molecular formula is C15H16N2O3S. The van der Waals surface area contributed by atoms with Crippen molar-refractivity contribution in [2.24, 2.45) is 0 Å². The first kappa shape index (κ1) is 15.2. The molecule has 2 rings (SSSR count). The summed E-state index contributed by atoms with van der Waals surface area (Å²) < 4.78 is 0. The highest BCUT2D eigenvalue weighted by atomic mass is 32.2. The van der Waals surface area contributed by atoms with Crippen LogP contribution in [0.3, 0.4) is 0 Å². The van der Waals surface area contributed by atoms with Crippen molar-refractivity contribution < 1.29 is 10.0 Å². The van der Waals surface area contributed by atoms with Gasteiger partial charge < -0.3 is 10.4 Å². The van der Waals surface area contributed by atoms with Gasteiger partial charge in [0.1, 0.15) is 5.75 Å². The average molecular weight is 304 g/mol. The summed E-state index contributed by atoms with van der Waals surface area (Å²) in [6, 6.07) is 11.8. The fraction of sp³-hybridized carbons (Fsp3) is 0.200. The number of rotatable bonds is 6. The second kappa shape index (κ2) is 6.99. The molecule has 2 N–H and O–H groups in total. The van der Waals surface area contributed by atoms with Gasteiger partial charge >= 0.3 is 0 Å². The maximum atomic E-state index is 10.9. The van der Waals surface area contributed by atoms with Crippen molar-refractivity contribution in [1.29, 1.82) is 0 Å². The van der Waals surface area contributed by atoms with Gasteiger partial charge in [-0.2, -0.15) is 0 Å². The number of phenols is 1. The average Bonchev–Trinajstić information content (AvgIpc) is 2.47. The molecule has 0 unspecified atom stereocenters. The molecule has 0 saturated heterocycles. The predicted molar refractivity (Wildman–Crippen MR) is 84.9 cm³/mol. The van der Waals surface area contributed by atoms with Crippen LogP contribution in [0.5, 0.6) is 5.75 Å². The van der Waals surface area contributed by atoms with E-state index in [-0.39, 0.29) is 11.4 Å². The van der Waals surface area contributed by atoms with E-state index in [0.717, 1.165) is 22.7 Å². The van der Waals surface area contributed by atoms with Crippen LogP contribution in [-0.4, -0.2) is 16.6 Å². The lowest BCUT2D eigenvalue weighted by molar-refractivity contribution is -0.384. The lowest BCUT2D eigenvalue weighted by Gasteiger charge is -2.11. The number of anilines is 1. The van der Waals surface area contributed by atoms with Crippen LogP contribution in [0.2, 0.25) is 0 Å². The van der Waals surface area contributed by atoms with Gasteiger partial charge in [0.25, 0.3) is 5.69 Å². The molecule has 0 aliphatic rings. The fourth-order valence-electron chi connectivity index (χ4n) is 1.91. The minimum atomic E-state index is -0.399. The van der Waals surface area contributed by atoms with Crippen LogP contribution < -0.4 is 5.32 Å². The van der Waals surface area contributed by atoms with Gasteiger partial charge in [0, 0.05) is 35.0 Å². The van der Waals surface area contributed by atoms with Crippen molar-refractivity contribution >= 4 is 23.1 Å². The smallest absolute Gasteiger partial charge is 0.269 e. The van der Waals surface area contributed by atoms with Gasteiger partial charge in [-0.25, -0.2) is 0 Å². The van der Waals surface area contributed by atoms with E-state index in [4.69, 9.17) is 0 Å². The Labute approximate surface area is 127 Å². The van der Waals surface area contributed by atoms with Crippen LogP contribution in [0.1, 0.15) is 12.5 Å². The minimum absolute atomic E-state index is 0.0736. The van der Waals surface area contributed by atoms with Crippen LogP contribution in [0, 0.1) is 10.1 Å². The molecule has 0 fully saturated rings. The highest BCUT2D eigenvalue weighted by molar-refractivity contribution is 7.98. The highest BCUT2D eigenvalue weighted by Crippen LogP contribution is 2.33. The summed E-state index contributed by atoms with van der Waals surface area (Å²) in [4.78, 5) is 11.2. The Bertz CT molecular complexity index is 647. The molecule has 0 heterocycles. The van der Waals surface area contributed by atoms with Crippen molar-refractivity contribution in [3.05, 3.63) is 58.1 Å². The van der Waals surface area contributed by atoms with Crippen LogP contribution in [0.25, 0.3) is 0 Å². The molecule has 21 heavy (non-hydrogen) atoms. The van der Waals surface area contributed by atoms with Crippen LogP contribution >= 0.6 is 11.8 Å². The third kappa shape index (κ3) is 3.88. The van der Waals surface area contributed by atoms with E-state index in [2.05, 4.69) is 5.32 Å². The number of nitrogens with zero attached hydrogens (tertiary/aromatic N) is 1. The van der Waals surface area contributed by atoms with E-state index in [1.807, 2.05) is 19.1 Å². The standard InChI is InChI=1S/C15H16N2O3S/c1-2-16-13-8-7-12(17(19)20)9-11(13)10-21-15-6-4-3-5-14(15)18/h3-9,16,18H,2,10H2,1H3. The molecule has 0 spiro atoms. The Kier molecular flexibility index (Phi) is 5.05. The number of hydrogen-bond acceptors (Lipinski definition) is 5. The monoisotopic (exact) mass is 304 g/mol. The second-order valence-electron chi connectivity index (χ2n) is 4.39. The molecule has 6 heteroatoms. The summed E-state index contributed by atoms with van der Waals surface area (Å²) in [6.45, 7) is 2.72. The maximum Gasteiger partial charge on any atom is 0.269 e. The molecular weight excluding hydrogens is 288 g/mol. The summed E-state index contributed by atoms with van der Waals surface area (Å²) in [6.07, 6.45) is 0. The highest BCUT2D eigenvalue weighted by Gasteiger charge is 2.11. The fourth-order valence-corrected chi connectivity index (χ4v) is 2.85. The number of hydrogen-bond donors (Lipinski definition) is 2. The summed E-state index contributed by atoms with van der Waals surface area (Å²) in [5.41, 5.74) is 1.80. The van der Waals surface area contributed by atoms with E-state index in [1.54, 1.807) is 24.3 Å². The lowest BCUT2D eigenvalue weighted by atomic mass is 10.2. The molecule has 0 aliphatic heterocycles. The van der Waals surface area contributed by atoms with Crippen LogP contribution in [0.4, 0.5) is 11.4 Å². The topological polar surface area (TPSA) is 75.4 Å². The number of benzene rings is 2. The Morgan fingerprint density at radius 2 is 2.05 bits per heavy atom. The number of aromatic hydroxyl groups is 1. The Morgan fingerprint density at radius 1 is 1.29 bits per heavy atom. The summed E-state index contributed by atoms with van der Waals surface area (Å²) in [7, 11) is 0. The van der Waals surface area contributed by atoms with Crippen molar-refractivity contribution in [2.75, 3.05) is 11.9 Å². The van der Waals surface area contributed by atoms with Gasteiger partial charge in [0.15, 0.2) is 0 Å². The zero-order valence-electron chi connectivity index (χ0n) is 11.6. The molecule has 0 amide bonds. The summed E-state index contributed by atoms with van der Waals surface area (Å²) in [5.74, 6) is 0.764. The van der Waals surface area contributed by atoms with Crippen LogP contribution in [0.15, 0.2) is 47.4 Å². The number of phenolic OH excluding ortho intramolecular Hbond substituents is 1. The first-order valence-corrected chi connectivity index (χ1v) is 7.52. The molecule has 0 aliphatic carbocycles. The largest absolute Gasteiger partial charge is 0.507 e. The Balaban J connectivity index is 2.22. The van der Waals surface area contributed by atoms with Gasteiger partial charge in [-0.3, -0.25) is 10.1 Å². The molecule has 110 valence electrons. The zero-order chi connectivity index (χ0) is 15.2. The number of nitro groups is 1. The van der Waals surface area contributed by atoms with E-state index in [1.165, 1.54) is 17.8 Å². The molecule has 2 aromatic carbocycles. The first-order chi connectivity index (χ1) is 10.1. The molecule has 0 bridgehead atoms. The van der Waals surface area contributed by atoms with Crippen molar-refractivity contribution in [1.82, 2.24) is 0 Å². The number of nitro benzene ring substituents is 1. The number of para-hydroxylation sites is 1. The summed E-state index contributed by atoms with van der Waals surface area (Å²) >= 11 is 1.45. The van der Waals surface area contributed by atoms with E-state index in [9.17, 15) is 15.2 Å². The lowest BCUT2D eigenvalue weighted by Crippen LogP contribution is -2.01. The molecule has 0 radical (unpaired) electrons. The third-order valence-electron chi connectivity index (χ3n) is 2.92. The first-order valence-electron chi connectivity index (χ1n) is 6.53. The number of non-ortho nitro benzene ring substituents is 1. The predicted octanol–water partition coefficient (Wildman–Crippen LogP) is 4.02. The SMILES string of the molecule is CCNc1ccc([N+](=O)[O-])cc1CSc1ccccc1O. The van der Waals surface area contributed by atoms with Gasteiger partial charge in [-0.1, -0.05) is 12.1 Å². The normalized spacial score (nSPS) is 10.3. The van der Waals surface area contributed by atoms with Gasteiger partial charge in [0.05, 0.1) is 4.92 Å². The second-order valence-corrected chi connectivity index (χ2v) is 5.40. The van der Waals surface area contributed by atoms with E-state index in [0.29, 0.717) is 5.75 Å². The molecule has 0 saturated carbocycles. The minimum Gasteiger partial charge on any atom is -0.507 e. The maximum absolute atomic E-state index is 10.9. The van der Waals surface area contributed by atoms with Gasteiger partial charge in [-0.15, -0.1) is 11.8 Å². The quantitative estimate of drug-likeness (QED) is 0.479. The van der Waals surface area contributed by atoms with Crippen molar-refractivity contribution in [2.45, 2.75) is 17.6 Å².